The zero-order chi connectivity index (χ0) is 15.2. The zero-order valence-corrected chi connectivity index (χ0v) is 14.2. The second kappa shape index (κ2) is 7.62. The van der Waals surface area contributed by atoms with Crippen LogP contribution in [0.2, 0.25) is 0 Å². The first-order valence-corrected chi connectivity index (χ1v) is 8.07. The maximum Gasteiger partial charge on any atom is 0.256 e. The van der Waals surface area contributed by atoms with E-state index < -0.39 is 0 Å². The molecule has 0 atom stereocenters. The van der Waals surface area contributed by atoms with Gasteiger partial charge in [-0.1, -0.05) is 0 Å². The highest BCUT2D eigenvalue weighted by atomic mass is 127. The van der Waals surface area contributed by atoms with Crippen molar-refractivity contribution >= 4 is 45.5 Å². The Hall–Kier alpha value is -1.32. The molecular weight excluding hydrogens is 405 g/mol. The number of halogens is 1. The van der Waals surface area contributed by atoms with E-state index in [0.29, 0.717) is 22.7 Å². The van der Waals surface area contributed by atoms with Crippen LogP contribution in [0.25, 0.3) is 0 Å². The summed E-state index contributed by atoms with van der Waals surface area (Å²) in [6, 6.07) is 6.94. The number of benzene rings is 1. The predicted molar refractivity (Wildman–Crippen MR) is 90.6 cm³/mol. The van der Waals surface area contributed by atoms with Crippen molar-refractivity contribution in [2.75, 3.05) is 25.6 Å². The lowest BCUT2D eigenvalue weighted by Crippen LogP contribution is -2.11. The van der Waals surface area contributed by atoms with Gasteiger partial charge in [-0.15, -0.1) is 11.3 Å². The standard InChI is InChI=1S/C14H14INO4S/c1-19-11-3-2-10(7-12(11)20-5-4-17)16-14(18)9-6-13(15)21-8-9/h2-3,6-8,17H,4-5H2,1H3,(H,16,18). The van der Waals surface area contributed by atoms with Crippen LogP contribution in [0.1, 0.15) is 10.4 Å². The first-order valence-electron chi connectivity index (χ1n) is 6.11. The molecule has 0 bridgehead atoms. The van der Waals surface area contributed by atoms with Crippen LogP contribution in [0.4, 0.5) is 5.69 Å². The third-order valence-electron chi connectivity index (χ3n) is 2.60. The van der Waals surface area contributed by atoms with Gasteiger partial charge in [0.2, 0.25) is 0 Å². The number of rotatable bonds is 6. The lowest BCUT2D eigenvalue weighted by atomic mass is 10.2. The number of aliphatic hydroxyl groups is 1. The highest BCUT2D eigenvalue weighted by Crippen LogP contribution is 2.30. The maximum atomic E-state index is 12.1. The summed E-state index contributed by atoms with van der Waals surface area (Å²) in [4.78, 5) is 12.1. The number of ether oxygens (including phenoxy) is 2. The van der Waals surface area contributed by atoms with Crippen LogP contribution >= 0.6 is 33.9 Å². The number of amides is 1. The Morgan fingerprint density at radius 1 is 1.38 bits per heavy atom. The molecule has 1 heterocycles. The molecule has 0 fully saturated rings. The molecule has 1 aromatic heterocycles. The van der Waals surface area contributed by atoms with Gasteiger partial charge in [-0.3, -0.25) is 4.79 Å². The van der Waals surface area contributed by atoms with Gasteiger partial charge in [0, 0.05) is 17.1 Å². The van der Waals surface area contributed by atoms with E-state index in [1.54, 1.807) is 18.2 Å². The minimum Gasteiger partial charge on any atom is -0.493 e. The first-order chi connectivity index (χ1) is 10.1. The van der Waals surface area contributed by atoms with Crippen LogP contribution in [-0.2, 0) is 0 Å². The molecule has 1 aromatic carbocycles. The highest BCUT2D eigenvalue weighted by molar-refractivity contribution is 14.1. The molecule has 0 aliphatic heterocycles. The van der Waals surface area contributed by atoms with Crippen LogP contribution in [-0.4, -0.2) is 31.3 Å². The Labute approximate surface area is 140 Å². The van der Waals surface area contributed by atoms with Crippen molar-refractivity contribution < 1.29 is 19.4 Å². The van der Waals surface area contributed by atoms with Crippen LogP contribution in [0.15, 0.2) is 29.6 Å². The van der Waals surface area contributed by atoms with E-state index in [2.05, 4.69) is 27.9 Å². The van der Waals surface area contributed by atoms with Gasteiger partial charge in [-0.25, -0.2) is 0 Å². The van der Waals surface area contributed by atoms with Gasteiger partial charge < -0.3 is 19.9 Å². The van der Waals surface area contributed by atoms with Crippen molar-refractivity contribution in [3.63, 3.8) is 0 Å². The van der Waals surface area contributed by atoms with Crippen molar-refractivity contribution in [1.82, 2.24) is 0 Å². The topological polar surface area (TPSA) is 67.8 Å². The van der Waals surface area contributed by atoms with Crippen molar-refractivity contribution in [3.8, 4) is 11.5 Å². The average molecular weight is 419 g/mol. The summed E-state index contributed by atoms with van der Waals surface area (Å²) in [6.07, 6.45) is 0. The second-order valence-electron chi connectivity index (χ2n) is 4.03. The molecule has 0 aliphatic carbocycles. The van der Waals surface area contributed by atoms with Gasteiger partial charge in [0.1, 0.15) is 6.61 Å². The second-order valence-corrected chi connectivity index (χ2v) is 6.84. The summed E-state index contributed by atoms with van der Waals surface area (Å²) in [5.41, 5.74) is 1.23. The minimum absolute atomic E-state index is 0.0902. The van der Waals surface area contributed by atoms with E-state index in [9.17, 15) is 4.79 Å². The van der Waals surface area contributed by atoms with E-state index in [-0.39, 0.29) is 19.1 Å². The summed E-state index contributed by atoms with van der Waals surface area (Å²) in [7, 11) is 1.53. The minimum atomic E-state index is -0.174. The summed E-state index contributed by atoms with van der Waals surface area (Å²) in [5.74, 6) is 0.850. The lowest BCUT2D eigenvalue weighted by Gasteiger charge is -2.12. The fraction of sp³-hybridized carbons (Fsp3) is 0.214. The van der Waals surface area contributed by atoms with E-state index >= 15 is 0 Å². The van der Waals surface area contributed by atoms with Crippen molar-refractivity contribution in [2.45, 2.75) is 0 Å². The molecule has 7 heteroatoms. The Morgan fingerprint density at radius 3 is 2.81 bits per heavy atom. The van der Waals surface area contributed by atoms with Gasteiger partial charge in [0.15, 0.2) is 11.5 Å². The molecule has 112 valence electrons. The number of thiophene rings is 1. The molecule has 2 rings (SSSR count). The molecule has 5 nitrogen and oxygen atoms in total. The Morgan fingerprint density at radius 2 is 2.19 bits per heavy atom. The fourth-order valence-corrected chi connectivity index (χ4v) is 2.98. The van der Waals surface area contributed by atoms with Gasteiger partial charge in [0.25, 0.3) is 5.91 Å². The monoisotopic (exact) mass is 419 g/mol. The zero-order valence-electron chi connectivity index (χ0n) is 11.3. The Kier molecular flexibility index (Phi) is 5.83. The summed E-state index contributed by atoms with van der Waals surface area (Å²) < 4.78 is 11.6. The maximum absolute atomic E-state index is 12.1. The van der Waals surface area contributed by atoms with Crippen molar-refractivity contribution in [3.05, 3.63) is 38.1 Å². The molecule has 2 aromatic rings. The van der Waals surface area contributed by atoms with E-state index in [4.69, 9.17) is 14.6 Å². The molecule has 0 spiro atoms. The number of carbonyl (C=O) groups is 1. The smallest absolute Gasteiger partial charge is 0.256 e. The third-order valence-corrected chi connectivity index (χ3v) is 4.39. The molecule has 0 radical (unpaired) electrons. The molecule has 0 aliphatic rings. The largest absolute Gasteiger partial charge is 0.493 e. The number of aliphatic hydroxyl groups excluding tert-OH is 1. The van der Waals surface area contributed by atoms with Crippen LogP contribution < -0.4 is 14.8 Å². The summed E-state index contributed by atoms with van der Waals surface area (Å²) in [6.45, 7) is 0.0730. The molecule has 0 saturated carbocycles. The summed E-state index contributed by atoms with van der Waals surface area (Å²) in [5, 5.41) is 13.4. The molecule has 0 unspecified atom stereocenters. The van der Waals surface area contributed by atoms with Gasteiger partial charge in [-0.05, 0) is 40.8 Å². The molecule has 0 saturated heterocycles. The molecular formula is C14H14INO4S. The number of methoxy groups -OCH3 is 1. The van der Waals surface area contributed by atoms with Gasteiger partial charge in [-0.2, -0.15) is 0 Å². The normalized spacial score (nSPS) is 10.2. The SMILES string of the molecule is COc1ccc(NC(=O)c2csc(I)c2)cc1OCCO. The van der Waals surface area contributed by atoms with E-state index in [0.717, 1.165) is 2.88 Å². The third kappa shape index (κ3) is 4.32. The average Bonchev–Trinajstić information content (AvgIpc) is 2.92. The van der Waals surface area contributed by atoms with Crippen molar-refractivity contribution in [1.29, 1.82) is 0 Å². The van der Waals surface area contributed by atoms with Crippen LogP contribution in [0.3, 0.4) is 0 Å². The van der Waals surface area contributed by atoms with Crippen LogP contribution in [0.5, 0.6) is 11.5 Å². The fourth-order valence-electron chi connectivity index (χ4n) is 1.66. The highest BCUT2D eigenvalue weighted by Gasteiger charge is 2.11. The number of nitrogens with one attached hydrogen (secondary N) is 1. The van der Waals surface area contributed by atoms with E-state index in [1.807, 2.05) is 11.4 Å². The van der Waals surface area contributed by atoms with Gasteiger partial charge in [0.05, 0.1) is 22.2 Å². The van der Waals surface area contributed by atoms with Crippen molar-refractivity contribution in [2.24, 2.45) is 0 Å². The first kappa shape index (κ1) is 16.1. The Bertz CT molecular complexity index is 629. The molecule has 2 N–H and O–H groups in total. The Balaban J connectivity index is 2.14. The molecule has 1 amide bonds. The lowest BCUT2D eigenvalue weighted by molar-refractivity contribution is 0.102. The number of carbonyl (C=O) groups excluding carboxylic acids is 1. The van der Waals surface area contributed by atoms with E-state index in [1.165, 1.54) is 18.4 Å². The quantitative estimate of drug-likeness (QED) is 0.707. The van der Waals surface area contributed by atoms with Gasteiger partial charge >= 0.3 is 0 Å². The predicted octanol–water partition coefficient (Wildman–Crippen LogP) is 2.98. The number of anilines is 1. The number of hydrogen-bond acceptors (Lipinski definition) is 5. The molecule has 21 heavy (non-hydrogen) atoms. The van der Waals surface area contributed by atoms with Crippen LogP contribution in [0, 0.1) is 2.88 Å². The summed E-state index contributed by atoms with van der Waals surface area (Å²) >= 11 is 3.69. The number of hydrogen-bond donors (Lipinski definition) is 2.